The average molecular weight is 289 g/mol. The summed E-state index contributed by atoms with van der Waals surface area (Å²) in [4.78, 5) is 4.40. The SMILES string of the molecule is NC1(c2nc(CCOc3ccccc3)no2)CCOCC1. The van der Waals surface area contributed by atoms with Crippen LogP contribution in [0.3, 0.4) is 0 Å². The Kier molecular flexibility index (Phi) is 4.17. The Morgan fingerprint density at radius 3 is 2.71 bits per heavy atom. The lowest BCUT2D eigenvalue weighted by Crippen LogP contribution is -2.42. The van der Waals surface area contributed by atoms with Gasteiger partial charge < -0.3 is 19.7 Å². The van der Waals surface area contributed by atoms with E-state index in [2.05, 4.69) is 10.1 Å². The second-order valence-electron chi connectivity index (χ2n) is 5.20. The van der Waals surface area contributed by atoms with Gasteiger partial charge in [0.1, 0.15) is 11.3 Å². The third-order valence-corrected chi connectivity index (χ3v) is 3.62. The summed E-state index contributed by atoms with van der Waals surface area (Å²) in [6, 6.07) is 9.65. The van der Waals surface area contributed by atoms with Gasteiger partial charge in [-0.1, -0.05) is 23.4 Å². The van der Waals surface area contributed by atoms with Crippen molar-refractivity contribution in [3.05, 3.63) is 42.0 Å². The lowest BCUT2D eigenvalue weighted by atomic mass is 9.91. The standard InChI is InChI=1S/C15H19N3O3/c16-15(7-10-19-11-8-15)14-17-13(18-21-14)6-9-20-12-4-2-1-3-5-12/h1-5H,6-11,16H2. The van der Waals surface area contributed by atoms with Crippen molar-refractivity contribution in [2.75, 3.05) is 19.8 Å². The third-order valence-electron chi connectivity index (χ3n) is 3.62. The largest absolute Gasteiger partial charge is 0.493 e. The van der Waals surface area contributed by atoms with E-state index in [-0.39, 0.29) is 0 Å². The van der Waals surface area contributed by atoms with Crippen molar-refractivity contribution in [1.82, 2.24) is 10.1 Å². The van der Waals surface area contributed by atoms with E-state index in [1.54, 1.807) is 0 Å². The zero-order valence-electron chi connectivity index (χ0n) is 11.8. The maximum atomic E-state index is 6.31. The Balaban J connectivity index is 1.55. The van der Waals surface area contributed by atoms with Gasteiger partial charge in [-0.15, -0.1) is 0 Å². The minimum atomic E-state index is -0.552. The second kappa shape index (κ2) is 6.24. The number of aromatic nitrogens is 2. The molecule has 0 amide bonds. The molecule has 0 bridgehead atoms. The van der Waals surface area contributed by atoms with E-state index >= 15 is 0 Å². The van der Waals surface area contributed by atoms with E-state index < -0.39 is 5.54 Å². The Morgan fingerprint density at radius 1 is 1.19 bits per heavy atom. The minimum Gasteiger partial charge on any atom is -0.493 e. The Morgan fingerprint density at radius 2 is 1.95 bits per heavy atom. The van der Waals surface area contributed by atoms with Crippen molar-refractivity contribution in [2.24, 2.45) is 5.73 Å². The minimum absolute atomic E-state index is 0.500. The molecule has 112 valence electrons. The highest BCUT2D eigenvalue weighted by molar-refractivity contribution is 5.20. The number of ether oxygens (including phenoxy) is 2. The summed E-state index contributed by atoms with van der Waals surface area (Å²) in [5.74, 6) is 1.96. The predicted molar refractivity (Wildman–Crippen MR) is 75.9 cm³/mol. The van der Waals surface area contributed by atoms with E-state index in [1.165, 1.54) is 0 Å². The summed E-state index contributed by atoms with van der Waals surface area (Å²) in [5.41, 5.74) is 5.75. The fraction of sp³-hybridized carbons (Fsp3) is 0.467. The van der Waals surface area contributed by atoms with Gasteiger partial charge in [-0.05, 0) is 25.0 Å². The predicted octanol–water partition coefficient (Wildman–Crippen LogP) is 1.66. The molecule has 1 saturated heterocycles. The number of para-hydroxylation sites is 1. The van der Waals surface area contributed by atoms with Crippen LogP contribution >= 0.6 is 0 Å². The monoisotopic (exact) mass is 289 g/mol. The Hall–Kier alpha value is -1.92. The summed E-state index contributed by atoms with van der Waals surface area (Å²) in [6.07, 6.45) is 2.00. The lowest BCUT2D eigenvalue weighted by molar-refractivity contribution is 0.0400. The summed E-state index contributed by atoms with van der Waals surface area (Å²) in [5, 5.41) is 3.98. The fourth-order valence-electron chi connectivity index (χ4n) is 2.28. The first-order valence-electron chi connectivity index (χ1n) is 7.14. The van der Waals surface area contributed by atoms with Gasteiger partial charge >= 0.3 is 0 Å². The first-order valence-corrected chi connectivity index (χ1v) is 7.14. The molecule has 2 N–H and O–H groups in total. The zero-order valence-corrected chi connectivity index (χ0v) is 11.8. The van der Waals surface area contributed by atoms with Crippen LogP contribution in [-0.4, -0.2) is 30.0 Å². The molecule has 0 unspecified atom stereocenters. The number of hydrogen-bond donors (Lipinski definition) is 1. The molecule has 21 heavy (non-hydrogen) atoms. The van der Waals surface area contributed by atoms with Crippen LogP contribution in [0.2, 0.25) is 0 Å². The number of benzene rings is 1. The summed E-state index contributed by atoms with van der Waals surface area (Å²) in [6.45, 7) is 1.76. The van der Waals surface area contributed by atoms with Gasteiger partial charge in [0.25, 0.3) is 0 Å². The van der Waals surface area contributed by atoms with Gasteiger partial charge in [-0.2, -0.15) is 4.98 Å². The van der Waals surface area contributed by atoms with Crippen LogP contribution in [-0.2, 0) is 16.7 Å². The molecule has 3 rings (SSSR count). The van der Waals surface area contributed by atoms with Gasteiger partial charge in [0.2, 0.25) is 5.89 Å². The molecule has 0 spiro atoms. The van der Waals surface area contributed by atoms with Crippen LogP contribution < -0.4 is 10.5 Å². The van der Waals surface area contributed by atoms with Crippen molar-refractivity contribution >= 4 is 0 Å². The van der Waals surface area contributed by atoms with E-state index in [9.17, 15) is 0 Å². The van der Waals surface area contributed by atoms with E-state index in [0.717, 1.165) is 5.75 Å². The van der Waals surface area contributed by atoms with Crippen LogP contribution in [0.4, 0.5) is 0 Å². The highest BCUT2D eigenvalue weighted by Gasteiger charge is 2.35. The molecule has 0 atom stereocenters. The molecule has 1 fully saturated rings. The third kappa shape index (κ3) is 3.40. The maximum absolute atomic E-state index is 6.31. The molecule has 1 aromatic heterocycles. The zero-order chi connectivity index (χ0) is 14.5. The first-order chi connectivity index (χ1) is 10.3. The molecular formula is C15H19N3O3. The summed E-state index contributed by atoms with van der Waals surface area (Å²) >= 11 is 0. The maximum Gasteiger partial charge on any atom is 0.246 e. The first kappa shape index (κ1) is 14.0. The van der Waals surface area contributed by atoms with Gasteiger partial charge in [-0.25, -0.2) is 0 Å². The van der Waals surface area contributed by atoms with Crippen molar-refractivity contribution in [1.29, 1.82) is 0 Å². The Bertz CT molecular complexity index is 565. The molecule has 1 aliphatic rings. The number of hydrogen-bond acceptors (Lipinski definition) is 6. The summed E-state index contributed by atoms with van der Waals surface area (Å²) < 4.78 is 16.2. The van der Waals surface area contributed by atoms with Crippen molar-refractivity contribution in [3.8, 4) is 5.75 Å². The normalized spacial score (nSPS) is 17.6. The molecule has 6 nitrogen and oxygen atoms in total. The van der Waals surface area contributed by atoms with E-state index in [4.69, 9.17) is 19.7 Å². The molecule has 0 aliphatic carbocycles. The van der Waals surface area contributed by atoms with Gasteiger partial charge in [0.15, 0.2) is 5.82 Å². The molecular weight excluding hydrogens is 270 g/mol. The van der Waals surface area contributed by atoms with Crippen LogP contribution in [0.1, 0.15) is 24.6 Å². The molecule has 2 heterocycles. The molecule has 0 saturated carbocycles. The van der Waals surface area contributed by atoms with Crippen LogP contribution in [0, 0.1) is 0 Å². The molecule has 1 aliphatic heterocycles. The van der Waals surface area contributed by atoms with Crippen LogP contribution in [0.25, 0.3) is 0 Å². The molecule has 1 aromatic carbocycles. The van der Waals surface area contributed by atoms with Crippen molar-refractivity contribution in [2.45, 2.75) is 24.8 Å². The highest BCUT2D eigenvalue weighted by Crippen LogP contribution is 2.27. The number of rotatable bonds is 5. The Labute approximate surface area is 123 Å². The molecule has 0 radical (unpaired) electrons. The van der Waals surface area contributed by atoms with Crippen molar-refractivity contribution < 1.29 is 14.0 Å². The summed E-state index contributed by atoms with van der Waals surface area (Å²) in [7, 11) is 0. The van der Waals surface area contributed by atoms with Crippen molar-refractivity contribution in [3.63, 3.8) is 0 Å². The quantitative estimate of drug-likeness (QED) is 0.901. The van der Waals surface area contributed by atoms with Gasteiger partial charge in [0.05, 0.1) is 6.61 Å². The van der Waals surface area contributed by atoms with Gasteiger partial charge in [-0.3, -0.25) is 0 Å². The second-order valence-corrected chi connectivity index (χ2v) is 5.20. The average Bonchev–Trinajstić information content (AvgIpc) is 2.99. The number of nitrogens with zero attached hydrogens (tertiary/aromatic N) is 2. The topological polar surface area (TPSA) is 83.4 Å². The van der Waals surface area contributed by atoms with Crippen LogP contribution in [0.15, 0.2) is 34.9 Å². The van der Waals surface area contributed by atoms with Gasteiger partial charge in [0, 0.05) is 19.6 Å². The highest BCUT2D eigenvalue weighted by atomic mass is 16.5. The molecule has 2 aromatic rings. The molecule has 6 heteroatoms. The van der Waals surface area contributed by atoms with E-state index in [1.807, 2.05) is 30.3 Å². The van der Waals surface area contributed by atoms with E-state index in [0.29, 0.717) is 50.8 Å². The lowest BCUT2D eigenvalue weighted by Gasteiger charge is -2.29. The fourth-order valence-corrected chi connectivity index (χ4v) is 2.28. The smallest absolute Gasteiger partial charge is 0.246 e. The van der Waals surface area contributed by atoms with Crippen LogP contribution in [0.5, 0.6) is 5.75 Å². The number of nitrogens with two attached hydrogens (primary N) is 1.